The molecule has 1 rings (SSSR count). The number of hydrazine groups is 1. The number of anilines is 1. The Hall–Kier alpha value is -1.26. The average Bonchev–Trinajstić information content (AvgIpc) is 2.43. The lowest BCUT2D eigenvalue weighted by Crippen LogP contribution is -2.35. The summed E-state index contributed by atoms with van der Waals surface area (Å²) >= 11 is 0. The van der Waals surface area contributed by atoms with E-state index in [2.05, 4.69) is 15.1 Å². The topological polar surface area (TPSA) is 116 Å². The minimum Gasteiger partial charge on any atom is -0.382 e. The number of methoxy groups -OCH3 is 2. The van der Waals surface area contributed by atoms with Crippen molar-refractivity contribution in [1.82, 2.24) is 9.71 Å². The highest BCUT2D eigenvalue weighted by Crippen LogP contribution is 2.09. The van der Waals surface area contributed by atoms with E-state index >= 15 is 0 Å². The molecule has 19 heavy (non-hydrogen) atoms. The van der Waals surface area contributed by atoms with Gasteiger partial charge in [0, 0.05) is 27.0 Å². The lowest BCUT2D eigenvalue weighted by molar-refractivity contribution is 0.0320. The van der Waals surface area contributed by atoms with Crippen molar-refractivity contribution in [1.29, 1.82) is 0 Å². The Morgan fingerprint density at radius 2 is 2.16 bits per heavy atom. The molecular formula is C10H18N4O4S. The largest absolute Gasteiger partial charge is 0.382 e. The number of nitrogen functional groups attached to an aromatic ring is 1. The Bertz CT molecular complexity index is 477. The van der Waals surface area contributed by atoms with Crippen molar-refractivity contribution in [2.45, 2.75) is 11.0 Å². The van der Waals surface area contributed by atoms with Crippen molar-refractivity contribution >= 4 is 15.8 Å². The maximum atomic E-state index is 12.0. The van der Waals surface area contributed by atoms with Gasteiger partial charge in [-0.2, -0.15) is 0 Å². The second-order valence-corrected chi connectivity index (χ2v) is 5.46. The number of pyridine rings is 1. The summed E-state index contributed by atoms with van der Waals surface area (Å²) in [7, 11) is -0.621. The van der Waals surface area contributed by atoms with Gasteiger partial charge in [-0.05, 0) is 12.1 Å². The van der Waals surface area contributed by atoms with Crippen molar-refractivity contribution in [2.75, 3.05) is 32.8 Å². The lowest BCUT2D eigenvalue weighted by Gasteiger charge is -2.15. The molecule has 0 spiro atoms. The number of hydrogen-bond donors (Lipinski definition) is 3. The third kappa shape index (κ3) is 4.73. The van der Waals surface area contributed by atoms with Crippen molar-refractivity contribution in [3.05, 3.63) is 18.3 Å². The number of aromatic nitrogens is 1. The van der Waals surface area contributed by atoms with Gasteiger partial charge in [0.1, 0.15) is 10.7 Å². The minimum atomic E-state index is -3.63. The molecule has 0 saturated heterocycles. The third-order valence-corrected chi connectivity index (χ3v) is 3.79. The Kier molecular flexibility index (Phi) is 6.12. The van der Waals surface area contributed by atoms with Gasteiger partial charge in [0.2, 0.25) is 10.0 Å². The van der Waals surface area contributed by atoms with Crippen LogP contribution in [0.2, 0.25) is 0 Å². The number of ether oxygens (including phenoxy) is 2. The normalized spacial score (nSPS) is 13.2. The first-order valence-corrected chi connectivity index (χ1v) is 6.96. The standard InChI is InChI=1S/C10H18N4O4S/c1-17-7-8(18-2)5-13-19(15,16)9-3-4-10(14-11)12-6-9/h3-4,6,8,13H,5,7,11H2,1-2H3,(H,12,14). The van der Waals surface area contributed by atoms with Crippen LogP contribution in [-0.4, -0.2) is 46.9 Å². The van der Waals surface area contributed by atoms with E-state index in [0.29, 0.717) is 12.4 Å². The van der Waals surface area contributed by atoms with Crippen molar-refractivity contribution in [2.24, 2.45) is 5.84 Å². The van der Waals surface area contributed by atoms with Gasteiger partial charge < -0.3 is 14.9 Å². The number of sulfonamides is 1. The predicted molar refractivity (Wildman–Crippen MR) is 69.9 cm³/mol. The first-order chi connectivity index (χ1) is 9.03. The Balaban J connectivity index is 2.69. The van der Waals surface area contributed by atoms with Crippen LogP contribution in [0.4, 0.5) is 5.82 Å². The molecule has 0 aliphatic carbocycles. The summed E-state index contributed by atoms with van der Waals surface area (Å²) in [6, 6.07) is 2.88. The van der Waals surface area contributed by atoms with Crippen LogP contribution in [0.5, 0.6) is 0 Å². The van der Waals surface area contributed by atoms with Crippen molar-refractivity contribution < 1.29 is 17.9 Å². The molecule has 0 radical (unpaired) electrons. The zero-order valence-corrected chi connectivity index (χ0v) is 11.6. The lowest BCUT2D eigenvalue weighted by atomic mass is 10.4. The number of nitrogens with zero attached hydrogens (tertiary/aromatic N) is 1. The van der Waals surface area contributed by atoms with Crippen LogP contribution < -0.4 is 16.0 Å². The van der Waals surface area contributed by atoms with Crippen LogP contribution in [0.25, 0.3) is 0 Å². The van der Waals surface area contributed by atoms with Crippen LogP contribution in [0.3, 0.4) is 0 Å². The van der Waals surface area contributed by atoms with Crippen LogP contribution in [0, 0.1) is 0 Å². The fourth-order valence-electron chi connectivity index (χ4n) is 1.31. The van der Waals surface area contributed by atoms with E-state index < -0.39 is 10.0 Å². The Labute approximate surface area is 112 Å². The van der Waals surface area contributed by atoms with E-state index in [0.717, 1.165) is 0 Å². The highest BCUT2D eigenvalue weighted by atomic mass is 32.2. The zero-order valence-electron chi connectivity index (χ0n) is 10.8. The van der Waals surface area contributed by atoms with Crippen molar-refractivity contribution in [3.63, 3.8) is 0 Å². The molecule has 0 aliphatic heterocycles. The molecule has 1 unspecified atom stereocenters. The quantitative estimate of drug-likeness (QED) is 0.428. The maximum absolute atomic E-state index is 12.0. The summed E-state index contributed by atoms with van der Waals surface area (Å²) in [6.45, 7) is 0.414. The maximum Gasteiger partial charge on any atom is 0.242 e. The molecule has 1 aromatic heterocycles. The second-order valence-electron chi connectivity index (χ2n) is 3.69. The fourth-order valence-corrected chi connectivity index (χ4v) is 2.32. The molecule has 0 amide bonds. The average molecular weight is 290 g/mol. The van der Waals surface area contributed by atoms with Crippen LogP contribution in [0.15, 0.2) is 23.2 Å². The monoisotopic (exact) mass is 290 g/mol. The van der Waals surface area contributed by atoms with E-state index in [1.165, 1.54) is 32.5 Å². The van der Waals surface area contributed by atoms with E-state index in [-0.39, 0.29) is 17.5 Å². The van der Waals surface area contributed by atoms with Crippen LogP contribution in [-0.2, 0) is 19.5 Å². The smallest absolute Gasteiger partial charge is 0.242 e. The van der Waals surface area contributed by atoms with E-state index in [9.17, 15) is 8.42 Å². The van der Waals surface area contributed by atoms with Gasteiger partial charge in [-0.1, -0.05) is 0 Å². The number of hydrogen-bond acceptors (Lipinski definition) is 7. The summed E-state index contributed by atoms with van der Waals surface area (Å²) in [6.07, 6.45) is 0.869. The molecule has 8 nitrogen and oxygen atoms in total. The number of nitrogens with two attached hydrogens (primary N) is 1. The zero-order chi connectivity index (χ0) is 14.3. The molecule has 0 aromatic carbocycles. The molecule has 0 bridgehead atoms. The molecule has 1 atom stereocenters. The molecule has 4 N–H and O–H groups in total. The minimum absolute atomic E-state index is 0.0544. The molecule has 0 aliphatic rings. The number of rotatable bonds is 8. The van der Waals surface area contributed by atoms with E-state index in [1.54, 1.807) is 0 Å². The highest BCUT2D eigenvalue weighted by Gasteiger charge is 2.17. The van der Waals surface area contributed by atoms with Gasteiger partial charge in [-0.25, -0.2) is 24.0 Å². The SMILES string of the molecule is COCC(CNS(=O)(=O)c1ccc(NN)nc1)OC. The highest BCUT2D eigenvalue weighted by molar-refractivity contribution is 7.89. The summed E-state index contributed by atoms with van der Waals surface area (Å²) in [5, 5.41) is 0. The molecule has 0 saturated carbocycles. The van der Waals surface area contributed by atoms with E-state index in [4.69, 9.17) is 15.3 Å². The molecule has 9 heteroatoms. The summed E-state index contributed by atoms with van der Waals surface area (Å²) < 4.78 is 36.3. The summed E-state index contributed by atoms with van der Waals surface area (Å²) in [5.41, 5.74) is 2.32. The molecule has 0 fully saturated rings. The van der Waals surface area contributed by atoms with Crippen molar-refractivity contribution in [3.8, 4) is 0 Å². The second kappa shape index (κ2) is 7.36. The fraction of sp³-hybridized carbons (Fsp3) is 0.500. The molecular weight excluding hydrogens is 272 g/mol. The van der Waals surface area contributed by atoms with Crippen LogP contribution in [0.1, 0.15) is 0 Å². The molecule has 108 valence electrons. The molecule has 1 aromatic rings. The summed E-state index contributed by atoms with van der Waals surface area (Å²) in [5.74, 6) is 5.53. The first-order valence-electron chi connectivity index (χ1n) is 5.47. The molecule has 1 heterocycles. The predicted octanol–water partition coefficient (Wildman–Crippen LogP) is -0.693. The van der Waals surface area contributed by atoms with Gasteiger partial charge in [-0.15, -0.1) is 0 Å². The number of nitrogens with one attached hydrogen (secondary N) is 2. The van der Waals surface area contributed by atoms with Gasteiger partial charge in [-0.3, -0.25) is 0 Å². The summed E-state index contributed by atoms with van der Waals surface area (Å²) in [4.78, 5) is 3.89. The van der Waals surface area contributed by atoms with Gasteiger partial charge >= 0.3 is 0 Å². The van der Waals surface area contributed by atoms with E-state index in [1.807, 2.05) is 0 Å². The van der Waals surface area contributed by atoms with Gasteiger partial charge in [0.05, 0.1) is 12.7 Å². The Morgan fingerprint density at radius 1 is 1.42 bits per heavy atom. The first kappa shape index (κ1) is 15.8. The Morgan fingerprint density at radius 3 is 2.63 bits per heavy atom. The third-order valence-electron chi connectivity index (χ3n) is 2.38. The van der Waals surface area contributed by atoms with Gasteiger partial charge in [0.25, 0.3) is 0 Å². The van der Waals surface area contributed by atoms with Crippen LogP contribution >= 0.6 is 0 Å². The van der Waals surface area contributed by atoms with Gasteiger partial charge in [0.15, 0.2) is 0 Å².